The van der Waals surface area contributed by atoms with Crippen molar-refractivity contribution in [2.45, 2.75) is 12.5 Å². The third-order valence-corrected chi connectivity index (χ3v) is 4.96. The highest BCUT2D eigenvalue weighted by Gasteiger charge is 2.18. The minimum Gasteiger partial charge on any atom is -0.271 e. The summed E-state index contributed by atoms with van der Waals surface area (Å²) in [5, 5.41) is 3.29. The van der Waals surface area contributed by atoms with Crippen molar-refractivity contribution in [1.82, 2.24) is 5.43 Å². The summed E-state index contributed by atoms with van der Waals surface area (Å²) in [6, 6.07) is 7.43. The molecule has 0 amide bonds. The number of hydrazine groups is 1. The smallest absolute Gasteiger partial charge is 0.0537 e. The standard InChI is InChI=1S/C12H11BrCl2N2S/c13-7-4-8(18-6-7)5-11(17-16)12-9(14)2-1-3-10(12)15/h1-4,6,11,17H,5,16H2. The van der Waals surface area contributed by atoms with Gasteiger partial charge in [0, 0.05) is 36.8 Å². The van der Waals surface area contributed by atoms with Gasteiger partial charge in [-0.1, -0.05) is 29.3 Å². The number of benzene rings is 1. The zero-order valence-electron chi connectivity index (χ0n) is 9.29. The number of thiophene rings is 1. The molecule has 1 atom stereocenters. The lowest BCUT2D eigenvalue weighted by atomic mass is 10.0. The molecular weight excluding hydrogens is 355 g/mol. The first-order chi connectivity index (χ1) is 8.61. The van der Waals surface area contributed by atoms with Gasteiger partial charge in [-0.05, 0) is 34.1 Å². The fourth-order valence-corrected chi connectivity index (χ4v) is 3.91. The summed E-state index contributed by atoms with van der Waals surface area (Å²) in [7, 11) is 0. The van der Waals surface area contributed by atoms with E-state index in [-0.39, 0.29) is 6.04 Å². The van der Waals surface area contributed by atoms with Crippen LogP contribution < -0.4 is 11.3 Å². The molecule has 0 aliphatic carbocycles. The first-order valence-electron chi connectivity index (χ1n) is 5.24. The number of hydrogen-bond donors (Lipinski definition) is 2. The highest BCUT2D eigenvalue weighted by Crippen LogP contribution is 2.33. The summed E-state index contributed by atoms with van der Waals surface area (Å²) in [5.74, 6) is 5.62. The van der Waals surface area contributed by atoms with Crippen molar-refractivity contribution in [2.75, 3.05) is 0 Å². The second kappa shape index (κ2) is 6.37. The van der Waals surface area contributed by atoms with Crippen LogP contribution in [0.15, 0.2) is 34.1 Å². The molecule has 0 radical (unpaired) electrons. The fraction of sp³-hybridized carbons (Fsp3) is 0.167. The van der Waals surface area contributed by atoms with Crippen LogP contribution in [0.25, 0.3) is 0 Å². The summed E-state index contributed by atoms with van der Waals surface area (Å²) < 4.78 is 1.07. The number of hydrogen-bond acceptors (Lipinski definition) is 3. The van der Waals surface area contributed by atoms with Gasteiger partial charge >= 0.3 is 0 Å². The molecule has 1 unspecified atom stereocenters. The zero-order valence-corrected chi connectivity index (χ0v) is 13.2. The molecule has 0 saturated carbocycles. The van der Waals surface area contributed by atoms with E-state index in [1.165, 1.54) is 4.88 Å². The lowest BCUT2D eigenvalue weighted by molar-refractivity contribution is 0.556. The Morgan fingerprint density at radius 2 is 2.00 bits per heavy atom. The van der Waals surface area contributed by atoms with E-state index in [9.17, 15) is 0 Å². The first-order valence-corrected chi connectivity index (χ1v) is 7.67. The summed E-state index contributed by atoms with van der Waals surface area (Å²) in [6.45, 7) is 0. The molecular formula is C12H11BrCl2N2S. The van der Waals surface area contributed by atoms with Gasteiger partial charge < -0.3 is 0 Å². The molecule has 1 heterocycles. The summed E-state index contributed by atoms with van der Waals surface area (Å²) in [4.78, 5) is 1.21. The normalized spacial score (nSPS) is 12.7. The third kappa shape index (κ3) is 3.26. The van der Waals surface area contributed by atoms with Gasteiger partial charge in [-0.15, -0.1) is 11.3 Å². The molecule has 2 aromatic rings. The van der Waals surface area contributed by atoms with Crippen molar-refractivity contribution in [3.63, 3.8) is 0 Å². The van der Waals surface area contributed by atoms with E-state index in [2.05, 4.69) is 27.4 Å². The van der Waals surface area contributed by atoms with Gasteiger partial charge in [-0.3, -0.25) is 11.3 Å². The molecule has 0 saturated heterocycles. The maximum Gasteiger partial charge on any atom is 0.0537 e. The average Bonchev–Trinajstić information content (AvgIpc) is 2.73. The van der Waals surface area contributed by atoms with Crippen LogP contribution in [0.1, 0.15) is 16.5 Å². The minimum absolute atomic E-state index is 0.100. The highest BCUT2D eigenvalue weighted by atomic mass is 79.9. The van der Waals surface area contributed by atoms with Gasteiger partial charge in [0.2, 0.25) is 0 Å². The Labute approximate surface area is 128 Å². The van der Waals surface area contributed by atoms with E-state index in [0.717, 1.165) is 16.5 Å². The summed E-state index contributed by atoms with van der Waals surface area (Å²) in [5.41, 5.74) is 3.62. The molecule has 1 aromatic heterocycles. The van der Waals surface area contributed by atoms with E-state index in [1.54, 1.807) is 11.3 Å². The number of nitrogens with two attached hydrogens (primary N) is 1. The number of nitrogens with one attached hydrogen (secondary N) is 1. The highest BCUT2D eigenvalue weighted by molar-refractivity contribution is 9.10. The molecule has 1 aromatic carbocycles. The Balaban J connectivity index is 2.28. The predicted octanol–water partition coefficient (Wildman–Crippen LogP) is 4.56. The Morgan fingerprint density at radius 3 is 2.50 bits per heavy atom. The van der Waals surface area contributed by atoms with Gasteiger partial charge in [-0.25, -0.2) is 0 Å². The SMILES string of the molecule is NNC(Cc1cc(Br)cs1)c1c(Cl)cccc1Cl. The molecule has 0 fully saturated rings. The fourth-order valence-electron chi connectivity index (χ4n) is 1.75. The van der Waals surface area contributed by atoms with Crippen LogP contribution in [0.2, 0.25) is 10.0 Å². The average molecular weight is 366 g/mol. The van der Waals surface area contributed by atoms with Gasteiger partial charge in [0.1, 0.15) is 0 Å². The quantitative estimate of drug-likeness (QED) is 0.615. The zero-order chi connectivity index (χ0) is 13.1. The molecule has 2 rings (SSSR count). The minimum atomic E-state index is -0.100. The maximum atomic E-state index is 6.19. The van der Waals surface area contributed by atoms with Crippen LogP contribution in [-0.2, 0) is 6.42 Å². The first kappa shape index (κ1) is 14.3. The van der Waals surface area contributed by atoms with E-state index in [0.29, 0.717) is 10.0 Å². The largest absolute Gasteiger partial charge is 0.271 e. The molecule has 0 aliphatic rings. The second-order valence-electron chi connectivity index (χ2n) is 3.79. The predicted molar refractivity (Wildman–Crippen MR) is 82.2 cm³/mol. The summed E-state index contributed by atoms with van der Waals surface area (Å²) >= 11 is 17.5. The number of rotatable bonds is 4. The van der Waals surface area contributed by atoms with Crippen LogP contribution in [0.3, 0.4) is 0 Å². The van der Waals surface area contributed by atoms with Crippen LogP contribution in [0.4, 0.5) is 0 Å². The number of halogens is 3. The molecule has 18 heavy (non-hydrogen) atoms. The maximum absolute atomic E-state index is 6.19. The van der Waals surface area contributed by atoms with Crippen LogP contribution in [-0.4, -0.2) is 0 Å². The van der Waals surface area contributed by atoms with E-state index >= 15 is 0 Å². The molecule has 0 aliphatic heterocycles. The van der Waals surface area contributed by atoms with Crippen molar-refractivity contribution >= 4 is 50.5 Å². The Bertz CT molecular complexity index is 524. The van der Waals surface area contributed by atoms with Crippen molar-refractivity contribution in [3.8, 4) is 0 Å². The molecule has 6 heteroatoms. The Kier molecular flexibility index (Phi) is 5.06. The topological polar surface area (TPSA) is 38.0 Å². The monoisotopic (exact) mass is 364 g/mol. The molecule has 0 bridgehead atoms. The van der Waals surface area contributed by atoms with Gasteiger partial charge in [0.05, 0.1) is 6.04 Å². The van der Waals surface area contributed by atoms with Gasteiger partial charge in [0.25, 0.3) is 0 Å². The molecule has 96 valence electrons. The molecule has 3 N–H and O–H groups in total. The Hall–Kier alpha value is -0.100. The summed E-state index contributed by atoms with van der Waals surface area (Å²) in [6.07, 6.45) is 0.746. The second-order valence-corrected chi connectivity index (χ2v) is 6.52. The van der Waals surface area contributed by atoms with E-state index in [4.69, 9.17) is 29.0 Å². The lowest BCUT2D eigenvalue weighted by Crippen LogP contribution is -2.29. The van der Waals surface area contributed by atoms with Crippen LogP contribution in [0.5, 0.6) is 0 Å². The lowest BCUT2D eigenvalue weighted by Gasteiger charge is -2.18. The van der Waals surface area contributed by atoms with Crippen molar-refractivity contribution in [2.24, 2.45) is 5.84 Å². The van der Waals surface area contributed by atoms with E-state index < -0.39 is 0 Å². The van der Waals surface area contributed by atoms with Crippen molar-refractivity contribution in [1.29, 1.82) is 0 Å². The third-order valence-electron chi connectivity index (χ3n) is 2.58. The van der Waals surface area contributed by atoms with Crippen LogP contribution >= 0.6 is 50.5 Å². The van der Waals surface area contributed by atoms with Crippen molar-refractivity contribution < 1.29 is 0 Å². The van der Waals surface area contributed by atoms with Gasteiger partial charge in [0.15, 0.2) is 0 Å². The van der Waals surface area contributed by atoms with Crippen LogP contribution in [0, 0.1) is 0 Å². The Morgan fingerprint density at radius 1 is 1.33 bits per heavy atom. The van der Waals surface area contributed by atoms with Crippen molar-refractivity contribution in [3.05, 3.63) is 54.6 Å². The molecule has 0 spiro atoms. The van der Waals surface area contributed by atoms with E-state index in [1.807, 2.05) is 23.6 Å². The van der Waals surface area contributed by atoms with Gasteiger partial charge in [-0.2, -0.15) is 0 Å². The molecule has 2 nitrogen and oxygen atoms in total.